The van der Waals surface area contributed by atoms with Crippen LogP contribution in [0, 0.1) is 6.26 Å². The summed E-state index contributed by atoms with van der Waals surface area (Å²) in [6.45, 7) is 0. The standard InChI is InChI=1S/C9H11O4S/c1-12-7-4-5-8(13-2)9(6-7)14(3,10)11/h4-6H,3H2,1-2H3. The normalized spacial score (nSPS) is 11.1. The Morgan fingerprint density at radius 2 is 1.86 bits per heavy atom. The van der Waals surface area contributed by atoms with E-state index in [1.54, 1.807) is 6.07 Å². The Morgan fingerprint density at radius 3 is 2.29 bits per heavy atom. The van der Waals surface area contributed by atoms with E-state index in [1.807, 2.05) is 0 Å². The quantitative estimate of drug-likeness (QED) is 0.762. The molecule has 0 heterocycles. The monoisotopic (exact) mass is 215 g/mol. The van der Waals surface area contributed by atoms with Crippen molar-refractivity contribution in [1.82, 2.24) is 0 Å². The van der Waals surface area contributed by atoms with Gasteiger partial charge in [-0.05, 0) is 12.1 Å². The van der Waals surface area contributed by atoms with Crippen LogP contribution in [0.25, 0.3) is 0 Å². The Bertz CT molecular complexity index is 422. The largest absolute Gasteiger partial charge is 0.497 e. The second-order valence-corrected chi connectivity index (χ2v) is 4.30. The highest BCUT2D eigenvalue weighted by molar-refractivity contribution is 7.92. The lowest BCUT2D eigenvalue weighted by Crippen LogP contribution is -1.99. The van der Waals surface area contributed by atoms with E-state index in [2.05, 4.69) is 6.26 Å². The van der Waals surface area contributed by atoms with Crippen LogP contribution in [0.4, 0.5) is 0 Å². The fourth-order valence-electron chi connectivity index (χ4n) is 1.03. The zero-order valence-electron chi connectivity index (χ0n) is 7.98. The molecular formula is C9H11O4S. The van der Waals surface area contributed by atoms with E-state index < -0.39 is 9.84 Å². The first-order valence-corrected chi connectivity index (χ1v) is 5.44. The Hall–Kier alpha value is -1.23. The first kappa shape index (κ1) is 10.8. The Labute approximate surface area is 83.4 Å². The lowest BCUT2D eigenvalue weighted by atomic mass is 10.3. The number of methoxy groups -OCH3 is 2. The van der Waals surface area contributed by atoms with Crippen LogP contribution in [-0.4, -0.2) is 22.6 Å². The molecule has 0 aliphatic carbocycles. The summed E-state index contributed by atoms with van der Waals surface area (Å²) in [7, 11) is -0.674. The lowest BCUT2D eigenvalue weighted by Gasteiger charge is -2.08. The number of sulfone groups is 1. The van der Waals surface area contributed by atoms with Crippen LogP contribution in [0.15, 0.2) is 23.1 Å². The van der Waals surface area contributed by atoms with Gasteiger partial charge in [0.2, 0.25) is 0 Å². The third kappa shape index (κ3) is 2.17. The molecule has 5 heteroatoms. The molecule has 14 heavy (non-hydrogen) atoms. The van der Waals surface area contributed by atoms with Gasteiger partial charge in [0.1, 0.15) is 16.4 Å². The van der Waals surface area contributed by atoms with Gasteiger partial charge in [-0.2, -0.15) is 0 Å². The van der Waals surface area contributed by atoms with Crippen molar-refractivity contribution in [2.75, 3.05) is 14.2 Å². The molecule has 0 atom stereocenters. The average molecular weight is 215 g/mol. The van der Waals surface area contributed by atoms with Gasteiger partial charge >= 0.3 is 0 Å². The van der Waals surface area contributed by atoms with Crippen molar-refractivity contribution in [3.05, 3.63) is 24.5 Å². The Morgan fingerprint density at radius 1 is 1.21 bits per heavy atom. The molecule has 0 aliphatic heterocycles. The minimum absolute atomic E-state index is 0.0272. The zero-order chi connectivity index (χ0) is 10.8. The molecular weight excluding hydrogens is 204 g/mol. The van der Waals surface area contributed by atoms with Crippen LogP contribution >= 0.6 is 0 Å². The van der Waals surface area contributed by atoms with Gasteiger partial charge in [-0.3, -0.25) is 0 Å². The van der Waals surface area contributed by atoms with E-state index in [4.69, 9.17) is 9.47 Å². The molecule has 0 spiro atoms. The molecule has 0 fully saturated rings. The molecule has 1 aromatic rings. The van der Waals surface area contributed by atoms with Gasteiger partial charge in [0.25, 0.3) is 0 Å². The minimum Gasteiger partial charge on any atom is -0.497 e. The lowest BCUT2D eigenvalue weighted by molar-refractivity contribution is 0.392. The summed E-state index contributed by atoms with van der Waals surface area (Å²) in [5.41, 5.74) is 0. The van der Waals surface area contributed by atoms with Crippen molar-refractivity contribution < 1.29 is 17.9 Å². The van der Waals surface area contributed by atoms with Crippen LogP contribution in [0.3, 0.4) is 0 Å². The predicted octanol–water partition coefficient (Wildman–Crippen LogP) is 1.27. The predicted molar refractivity (Wildman–Crippen MR) is 52.1 cm³/mol. The van der Waals surface area contributed by atoms with Crippen LogP contribution in [0.2, 0.25) is 0 Å². The molecule has 0 unspecified atom stereocenters. The van der Waals surface area contributed by atoms with Gasteiger partial charge in [-0.25, -0.2) is 8.42 Å². The molecule has 0 amide bonds. The number of rotatable bonds is 3. The second-order valence-electron chi connectivity index (χ2n) is 2.63. The molecule has 77 valence electrons. The summed E-state index contributed by atoms with van der Waals surface area (Å²) in [6.07, 6.45) is 3.06. The molecule has 0 saturated heterocycles. The third-order valence-electron chi connectivity index (χ3n) is 1.71. The fraction of sp³-hybridized carbons (Fsp3) is 0.222. The highest BCUT2D eigenvalue weighted by Crippen LogP contribution is 2.28. The van der Waals surface area contributed by atoms with Crippen LogP contribution in [-0.2, 0) is 9.84 Å². The average Bonchev–Trinajstić information content (AvgIpc) is 2.15. The summed E-state index contributed by atoms with van der Waals surface area (Å²) >= 11 is 0. The maximum Gasteiger partial charge on any atom is 0.183 e. The summed E-state index contributed by atoms with van der Waals surface area (Å²) in [5, 5.41) is 0. The molecule has 0 N–H and O–H groups in total. The third-order valence-corrected chi connectivity index (χ3v) is 2.70. The van der Waals surface area contributed by atoms with Crippen LogP contribution in [0.5, 0.6) is 11.5 Å². The van der Waals surface area contributed by atoms with E-state index >= 15 is 0 Å². The van der Waals surface area contributed by atoms with Gasteiger partial charge in [0.05, 0.1) is 20.5 Å². The Kier molecular flexibility index (Phi) is 3.00. The van der Waals surface area contributed by atoms with Crippen molar-refractivity contribution in [2.45, 2.75) is 4.90 Å². The summed E-state index contributed by atoms with van der Waals surface area (Å²) in [6, 6.07) is 4.52. The maximum absolute atomic E-state index is 11.2. The van der Waals surface area contributed by atoms with E-state index in [-0.39, 0.29) is 10.6 Å². The first-order valence-electron chi connectivity index (χ1n) is 3.79. The number of benzene rings is 1. The molecule has 4 nitrogen and oxygen atoms in total. The van der Waals surface area contributed by atoms with E-state index in [0.29, 0.717) is 5.75 Å². The second kappa shape index (κ2) is 3.88. The van der Waals surface area contributed by atoms with E-state index in [1.165, 1.54) is 26.4 Å². The molecule has 0 saturated carbocycles. The van der Waals surface area contributed by atoms with Crippen molar-refractivity contribution in [3.8, 4) is 11.5 Å². The summed E-state index contributed by atoms with van der Waals surface area (Å²) in [4.78, 5) is 0.0272. The van der Waals surface area contributed by atoms with E-state index in [9.17, 15) is 8.42 Å². The van der Waals surface area contributed by atoms with Crippen molar-refractivity contribution in [2.24, 2.45) is 0 Å². The first-order chi connectivity index (χ1) is 6.49. The number of ether oxygens (including phenoxy) is 2. The Balaban J connectivity index is 3.37. The van der Waals surface area contributed by atoms with Gasteiger partial charge in [-0.15, -0.1) is 0 Å². The van der Waals surface area contributed by atoms with Crippen LogP contribution in [0.1, 0.15) is 0 Å². The fourth-order valence-corrected chi connectivity index (χ4v) is 1.78. The van der Waals surface area contributed by atoms with Gasteiger partial charge in [-0.1, -0.05) is 0 Å². The highest BCUT2D eigenvalue weighted by Gasteiger charge is 2.15. The summed E-state index contributed by atoms with van der Waals surface area (Å²) in [5.74, 6) is 0.717. The number of hydrogen-bond donors (Lipinski definition) is 0. The van der Waals surface area contributed by atoms with Gasteiger partial charge in [0.15, 0.2) is 9.84 Å². The van der Waals surface area contributed by atoms with Crippen molar-refractivity contribution in [1.29, 1.82) is 0 Å². The number of hydrogen-bond acceptors (Lipinski definition) is 4. The SMILES string of the molecule is [CH2]S(=O)(=O)c1cc(OC)ccc1OC. The summed E-state index contributed by atoms with van der Waals surface area (Å²) < 4.78 is 32.3. The topological polar surface area (TPSA) is 52.6 Å². The molecule has 1 aromatic carbocycles. The van der Waals surface area contributed by atoms with Crippen molar-refractivity contribution >= 4 is 9.84 Å². The molecule has 0 bridgehead atoms. The van der Waals surface area contributed by atoms with Gasteiger partial charge in [0, 0.05) is 6.07 Å². The molecule has 0 aliphatic rings. The molecule has 0 aromatic heterocycles. The molecule has 1 rings (SSSR count). The van der Waals surface area contributed by atoms with Crippen molar-refractivity contribution in [3.63, 3.8) is 0 Å². The maximum atomic E-state index is 11.2. The smallest absolute Gasteiger partial charge is 0.183 e. The zero-order valence-corrected chi connectivity index (χ0v) is 8.80. The van der Waals surface area contributed by atoms with Crippen LogP contribution < -0.4 is 9.47 Å². The van der Waals surface area contributed by atoms with E-state index in [0.717, 1.165) is 0 Å². The van der Waals surface area contributed by atoms with Gasteiger partial charge < -0.3 is 9.47 Å². The highest BCUT2D eigenvalue weighted by atomic mass is 32.2. The minimum atomic E-state index is -3.53. The molecule has 1 radical (unpaired) electrons.